The van der Waals surface area contributed by atoms with Crippen molar-refractivity contribution in [2.24, 2.45) is 0 Å². The summed E-state index contributed by atoms with van der Waals surface area (Å²) in [5.74, 6) is -0.357. The van der Waals surface area contributed by atoms with Crippen LogP contribution in [0.15, 0.2) is 46.4 Å². The Kier molecular flexibility index (Phi) is 4.69. The zero-order valence-electron chi connectivity index (χ0n) is 14.2. The van der Waals surface area contributed by atoms with Crippen molar-refractivity contribution < 1.29 is 14.0 Å². The van der Waals surface area contributed by atoms with Gasteiger partial charge < -0.3 is 9.73 Å². The van der Waals surface area contributed by atoms with Crippen molar-refractivity contribution >= 4 is 55.5 Å². The number of anilines is 2. The Morgan fingerprint density at radius 3 is 2.89 bits per heavy atom. The minimum absolute atomic E-state index is 0.112. The number of aryl methyl sites for hydroxylation is 1. The average Bonchev–Trinajstić information content (AvgIpc) is 3.34. The predicted molar refractivity (Wildman–Crippen MR) is 105 cm³/mol. The van der Waals surface area contributed by atoms with Gasteiger partial charge in [0.15, 0.2) is 10.9 Å². The van der Waals surface area contributed by atoms with Crippen molar-refractivity contribution in [2.75, 3.05) is 10.6 Å². The van der Waals surface area contributed by atoms with E-state index in [1.165, 1.54) is 17.6 Å². The topological polar surface area (TPSA) is 97.1 Å². The number of hydrogen-bond donors (Lipinski definition) is 2. The van der Waals surface area contributed by atoms with Crippen molar-refractivity contribution in [1.29, 1.82) is 0 Å². The first-order valence-corrected chi connectivity index (χ1v) is 9.73. The van der Waals surface area contributed by atoms with Gasteiger partial charge in [0.1, 0.15) is 0 Å². The number of hydrogen-bond acceptors (Lipinski definition) is 7. The summed E-state index contributed by atoms with van der Waals surface area (Å²) in [6.45, 7) is 1.95. The summed E-state index contributed by atoms with van der Waals surface area (Å²) in [6, 6.07) is 8.86. The summed E-state index contributed by atoms with van der Waals surface area (Å²) < 4.78 is 6.12. The Labute approximate surface area is 162 Å². The number of fused-ring (bicyclic) bond motifs is 1. The molecule has 1 aromatic carbocycles. The van der Waals surface area contributed by atoms with Gasteiger partial charge in [0.2, 0.25) is 5.91 Å². The number of nitrogens with one attached hydrogen (secondary N) is 2. The molecule has 0 bridgehead atoms. The number of aromatic nitrogens is 2. The van der Waals surface area contributed by atoms with Crippen LogP contribution in [-0.2, 0) is 11.2 Å². The molecule has 0 aliphatic heterocycles. The highest BCUT2D eigenvalue weighted by atomic mass is 32.1. The minimum Gasteiger partial charge on any atom is -0.459 e. The third kappa shape index (κ3) is 4.04. The van der Waals surface area contributed by atoms with E-state index in [-0.39, 0.29) is 24.0 Å². The second kappa shape index (κ2) is 7.29. The number of rotatable bonds is 5. The van der Waals surface area contributed by atoms with Crippen LogP contribution in [0.5, 0.6) is 0 Å². The van der Waals surface area contributed by atoms with E-state index in [1.54, 1.807) is 28.8 Å². The van der Waals surface area contributed by atoms with Crippen molar-refractivity contribution in [1.82, 2.24) is 9.97 Å². The Balaban J connectivity index is 1.37. The molecule has 0 spiro atoms. The number of amides is 2. The first-order chi connectivity index (χ1) is 13.1. The van der Waals surface area contributed by atoms with Crippen LogP contribution in [0.2, 0.25) is 0 Å². The molecule has 0 fully saturated rings. The summed E-state index contributed by atoms with van der Waals surface area (Å²) in [5, 5.41) is 8.64. The van der Waals surface area contributed by atoms with Crippen LogP contribution < -0.4 is 10.6 Å². The van der Waals surface area contributed by atoms with Crippen molar-refractivity contribution in [3.05, 3.63) is 58.4 Å². The Hall–Kier alpha value is -3.04. The summed E-state index contributed by atoms with van der Waals surface area (Å²) >= 11 is 2.87. The smallest absolute Gasteiger partial charge is 0.293 e. The number of furan rings is 1. The zero-order valence-corrected chi connectivity index (χ0v) is 15.8. The van der Waals surface area contributed by atoms with Crippen LogP contribution in [0.25, 0.3) is 10.2 Å². The van der Waals surface area contributed by atoms with Gasteiger partial charge in [-0.05, 0) is 37.3 Å². The van der Waals surface area contributed by atoms with Crippen LogP contribution in [0, 0.1) is 6.92 Å². The van der Waals surface area contributed by atoms with Crippen molar-refractivity contribution in [3.8, 4) is 0 Å². The number of nitrogens with zero attached hydrogens (tertiary/aromatic N) is 2. The van der Waals surface area contributed by atoms with Gasteiger partial charge in [0.25, 0.3) is 5.91 Å². The normalized spacial score (nSPS) is 10.9. The third-order valence-corrected chi connectivity index (χ3v) is 5.40. The van der Waals surface area contributed by atoms with Crippen LogP contribution in [0.4, 0.5) is 10.8 Å². The van der Waals surface area contributed by atoms with Crippen molar-refractivity contribution in [2.45, 2.75) is 13.3 Å². The lowest BCUT2D eigenvalue weighted by Gasteiger charge is -2.03. The SMILES string of the molecule is Cc1nc2cc(NC(=O)Cc3csc(NC(=O)c4ccco4)n3)ccc2s1. The van der Waals surface area contributed by atoms with E-state index in [4.69, 9.17) is 4.42 Å². The summed E-state index contributed by atoms with van der Waals surface area (Å²) in [4.78, 5) is 32.9. The van der Waals surface area contributed by atoms with E-state index in [0.717, 1.165) is 15.2 Å². The van der Waals surface area contributed by atoms with E-state index in [0.29, 0.717) is 16.5 Å². The lowest BCUT2D eigenvalue weighted by atomic mass is 10.2. The summed E-state index contributed by atoms with van der Waals surface area (Å²) in [7, 11) is 0. The molecule has 136 valence electrons. The molecule has 4 rings (SSSR count). The van der Waals surface area contributed by atoms with E-state index >= 15 is 0 Å². The molecule has 0 saturated carbocycles. The van der Waals surface area contributed by atoms with Gasteiger partial charge in [0.05, 0.1) is 33.6 Å². The first-order valence-electron chi connectivity index (χ1n) is 8.03. The monoisotopic (exact) mass is 398 g/mol. The molecule has 7 nitrogen and oxygen atoms in total. The molecule has 0 aliphatic rings. The predicted octanol–water partition coefficient (Wildman–Crippen LogP) is 4.09. The average molecular weight is 398 g/mol. The third-order valence-electron chi connectivity index (χ3n) is 3.64. The number of benzene rings is 1. The maximum absolute atomic E-state index is 12.3. The molecule has 2 amide bonds. The van der Waals surface area contributed by atoms with Gasteiger partial charge in [-0.25, -0.2) is 9.97 Å². The summed E-state index contributed by atoms with van der Waals surface area (Å²) in [6.07, 6.45) is 1.54. The number of carbonyl (C=O) groups is 2. The largest absolute Gasteiger partial charge is 0.459 e. The Morgan fingerprint density at radius 1 is 1.19 bits per heavy atom. The molecule has 0 radical (unpaired) electrons. The number of thiazole rings is 2. The maximum Gasteiger partial charge on any atom is 0.293 e. The maximum atomic E-state index is 12.3. The fraction of sp³-hybridized carbons (Fsp3) is 0.111. The zero-order chi connectivity index (χ0) is 18.8. The molecule has 4 aromatic rings. The van der Waals surface area contributed by atoms with E-state index in [2.05, 4.69) is 20.6 Å². The second-order valence-corrected chi connectivity index (χ2v) is 7.81. The quantitative estimate of drug-likeness (QED) is 0.528. The molecule has 0 atom stereocenters. The van der Waals surface area contributed by atoms with Gasteiger partial charge in [-0.15, -0.1) is 22.7 Å². The highest BCUT2D eigenvalue weighted by Crippen LogP contribution is 2.24. The molecule has 9 heteroatoms. The van der Waals surface area contributed by atoms with E-state index < -0.39 is 0 Å². The van der Waals surface area contributed by atoms with Crippen LogP contribution in [0.1, 0.15) is 21.3 Å². The van der Waals surface area contributed by atoms with Crippen LogP contribution in [-0.4, -0.2) is 21.8 Å². The van der Waals surface area contributed by atoms with Gasteiger partial charge in [-0.2, -0.15) is 0 Å². The lowest BCUT2D eigenvalue weighted by molar-refractivity contribution is -0.115. The highest BCUT2D eigenvalue weighted by Gasteiger charge is 2.13. The minimum atomic E-state index is -0.378. The molecule has 27 heavy (non-hydrogen) atoms. The molecule has 0 unspecified atom stereocenters. The Morgan fingerprint density at radius 2 is 2.07 bits per heavy atom. The Bertz CT molecular complexity index is 1120. The highest BCUT2D eigenvalue weighted by molar-refractivity contribution is 7.18. The van der Waals surface area contributed by atoms with Crippen LogP contribution in [0.3, 0.4) is 0 Å². The molecule has 0 saturated heterocycles. The molecular weight excluding hydrogens is 384 g/mol. The first kappa shape index (κ1) is 17.4. The summed E-state index contributed by atoms with van der Waals surface area (Å²) in [5.41, 5.74) is 2.14. The standard InChI is InChI=1S/C18H14N4O3S2/c1-10-19-13-7-11(4-5-15(13)27-10)20-16(23)8-12-9-26-18(21-12)22-17(24)14-3-2-6-25-14/h2-7,9H,8H2,1H3,(H,20,23)(H,21,22,24). The van der Waals surface area contributed by atoms with Crippen LogP contribution >= 0.6 is 22.7 Å². The van der Waals surface area contributed by atoms with E-state index in [9.17, 15) is 9.59 Å². The fourth-order valence-electron chi connectivity index (χ4n) is 2.50. The lowest BCUT2D eigenvalue weighted by Crippen LogP contribution is -2.15. The second-order valence-electron chi connectivity index (χ2n) is 5.72. The molecule has 3 heterocycles. The molecule has 2 N–H and O–H groups in total. The molecule has 3 aromatic heterocycles. The fourth-order valence-corrected chi connectivity index (χ4v) is 4.01. The van der Waals surface area contributed by atoms with Gasteiger partial charge >= 0.3 is 0 Å². The molecular formula is C18H14N4O3S2. The number of carbonyl (C=O) groups excluding carboxylic acids is 2. The van der Waals surface area contributed by atoms with E-state index in [1.807, 2.05) is 25.1 Å². The van der Waals surface area contributed by atoms with Crippen molar-refractivity contribution in [3.63, 3.8) is 0 Å². The molecule has 0 aliphatic carbocycles. The van der Waals surface area contributed by atoms with Gasteiger partial charge in [-0.1, -0.05) is 0 Å². The van der Waals surface area contributed by atoms with Gasteiger partial charge in [-0.3, -0.25) is 14.9 Å². The van der Waals surface area contributed by atoms with Gasteiger partial charge in [0, 0.05) is 11.1 Å².